The Hall–Kier alpha value is -2.54. The molecule has 2 rings (SSSR count). The summed E-state index contributed by atoms with van der Waals surface area (Å²) >= 11 is 0. The molecule has 2 N–H and O–H groups in total. The van der Waals surface area contributed by atoms with Crippen LogP contribution >= 0.6 is 0 Å². The molecule has 0 unspecified atom stereocenters. The van der Waals surface area contributed by atoms with Crippen LogP contribution in [0, 0.1) is 5.95 Å². The molecule has 2 aromatic rings. The van der Waals surface area contributed by atoms with Gasteiger partial charge >= 0.3 is 5.97 Å². The molecule has 0 saturated heterocycles. The van der Waals surface area contributed by atoms with Gasteiger partial charge in [0.2, 0.25) is 5.95 Å². The van der Waals surface area contributed by atoms with Crippen molar-refractivity contribution in [3.8, 4) is 11.3 Å². The molecule has 0 fully saturated rings. The van der Waals surface area contributed by atoms with Crippen molar-refractivity contribution in [1.82, 2.24) is 9.97 Å². The van der Waals surface area contributed by atoms with E-state index in [0.29, 0.717) is 23.6 Å². The van der Waals surface area contributed by atoms with E-state index in [1.54, 1.807) is 18.0 Å². The van der Waals surface area contributed by atoms with Crippen molar-refractivity contribution in [3.63, 3.8) is 0 Å². The number of carboxylic acid groups (broad SMARTS) is 1. The topological polar surface area (TPSA) is 86.5 Å². The van der Waals surface area contributed by atoms with E-state index >= 15 is 0 Å². The lowest BCUT2D eigenvalue weighted by atomic mass is 10.1. The van der Waals surface area contributed by atoms with E-state index in [1.165, 1.54) is 24.4 Å². The summed E-state index contributed by atoms with van der Waals surface area (Å²) in [6.07, 6.45) is 1.29. The lowest BCUT2D eigenvalue weighted by Crippen LogP contribution is -2.22. The summed E-state index contributed by atoms with van der Waals surface area (Å²) in [5.41, 5.74) is 0.803. The van der Waals surface area contributed by atoms with E-state index in [-0.39, 0.29) is 12.2 Å². The Morgan fingerprint density at radius 2 is 2.14 bits per heavy atom. The van der Waals surface area contributed by atoms with Gasteiger partial charge in [-0.2, -0.15) is 4.39 Å². The lowest BCUT2D eigenvalue weighted by molar-refractivity contribution is 0.0697. The van der Waals surface area contributed by atoms with Gasteiger partial charge in [-0.3, -0.25) is 0 Å². The normalized spacial score (nSPS) is 10.4. The summed E-state index contributed by atoms with van der Waals surface area (Å²) in [5.74, 6) is -1.39. The quantitative estimate of drug-likeness (QED) is 0.810. The van der Waals surface area contributed by atoms with Crippen LogP contribution in [0.4, 0.5) is 10.2 Å². The third kappa shape index (κ3) is 3.51. The first-order chi connectivity index (χ1) is 10.0. The zero-order chi connectivity index (χ0) is 15.4. The number of anilines is 1. The minimum atomic E-state index is -1.10. The molecular formula is C14H14FN3O3. The van der Waals surface area contributed by atoms with Gasteiger partial charge in [-0.15, -0.1) is 0 Å². The first-order valence-corrected chi connectivity index (χ1v) is 6.20. The molecule has 0 bridgehead atoms. The molecular weight excluding hydrogens is 277 g/mol. The number of hydrogen-bond donors (Lipinski definition) is 2. The maximum absolute atomic E-state index is 13.2. The number of nitrogens with zero attached hydrogens (tertiary/aromatic N) is 3. The number of carbonyl (C=O) groups is 1. The molecule has 0 saturated carbocycles. The third-order valence-corrected chi connectivity index (χ3v) is 2.91. The Balaban J connectivity index is 2.52. The number of likely N-dealkylation sites (N-methyl/N-ethyl adjacent to an activating group) is 1. The zero-order valence-electron chi connectivity index (χ0n) is 11.3. The fourth-order valence-electron chi connectivity index (χ4n) is 1.81. The van der Waals surface area contributed by atoms with Crippen LogP contribution in [0.2, 0.25) is 0 Å². The van der Waals surface area contributed by atoms with Crippen molar-refractivity contribution in [2.24, 2.45) is 0 Å². The highest BCUT2D eigenvalue weighted by molar-refractivity contribution is 5.90. The highest BCUT2D eigenvalue weighted by Gasteiger charge is 2.13. The summed E-state index contributed by atoms with van der Waals surface area (Å²) < 4.78 is 13.2. The Morgan fingerprint density at radius 1 is 1.38 bits per heavy atom. The third-order valence-electron chi connectivity index (χ3n) is 2.91. The highest BCUT2D eigenvalue weighted by atomic mass is 19.1. The summed E-state index contributed by atoms with van der Waals surface area (Å²) in [6, 6.07) is 5.50. The Morgan fingerprint density at radius 3 is 2.76 bits per heavy atom. The van der Waals surface area contributed by atoms with E-state index in [2.05, 4.69) is 9.97 Å². The van der Waals surface area contributed by atoms with Crippen LogP contribution in [0.5, 0.6) is 0 Å². The minimum Gasteiger partial charge on any atom is -0.478 e. The molecule has 0 atom stereocenters. The van der Waals surface area contributed by atoms with E-state index in [4.69, 9.17) is 10.2 Å². The molecule has 2 heterocycles. The second kappa shape index (κ2) is 6.27. The SMILES string of the molecule is CN(CCO)c1cc(C(=O)O)cc(-c2ccnc(F)c2)n1. The molecule has 0 aromatic carbocycles. The second-order valence-corrected chi connectivity index (χ2v) is 4.42. The molecule has 21 heavy (non-hydrogen) atoms. The number of aromatic carboxylic acids is 1. The van der Waals surface area contributed by atoms with Gasteiger partial charge in [-0.25, -0.2) is 14.8 Å². The van der Waals surface area contributed by atoms with Crippen LogP contribution in [0.3, 0.4) is 0 Å². The number of hydrogen-bond acceptors (Lipinski definition) is 5. The predicted octanol–water partition coefficient (Wildman–Crippen LogP) is 1.41. The number of carboxylic acids is 1. The molecule has 0 aliphatic heterocycles. The van der Waals surface area contributed by atoms with E-state index in [1.807, 2.05) is 0 Å². The zero-order valence-corrected chi connectivity index (χ0v) is 11.3. The highest BCUT2D eigenvalue weighted by Crippen LogP contribution is 2.23. The number of pyridine rings is 2. The van der Waals surface area contributed by atoms with Crippen LogP contribution in [0.15, 0.2) is 30.5 Å². The summed E-state index contributed by atoms with van der Waals surface area (Å²) in [5, 5.41) is 18.1. The van der Waals surface area contributed by atoms with Gasteiger partial charge in [0.15, 0.2) is 0 Å². The second-order valence-electron chi connectivity index (χ2n) is 4.42. The van der Waals surface area contributed by atoms with E-state index in [9.17, 15) is 9.18 Å². The van der Waals surface area contributed by atoms with Crippen LogP contribution in [0.25, 0.3) is 11.3 Å². The maximum atomic E-state index is 13.2. The number of rotatable bonds is 5. The van der Waals surface area contributed by atoms with Crippen molar-refractivity contribution in [3.05, 3.63) is 42.0 Å². The fourth-order valence-corrected chi connectivity index (χ4v) is 1.81. The average molecular weight is 291 g/mol. The fraction of sp³-hybridized carbons (Fsp3) is 0.214. The van der Waals surface area contributed by atoms with Crippen molar-refractivity contribution >= 4 is 11.8 Å². The molecule has 0 radical (unpaired) electrons. The van der Waals surface area contributed by atoms with Crippen LogP contribution < -0.4 is 4.90 Å². The summed E-state index contributed by atoms with van der Waals surface area (Å²) in [7, 11) is 1.68. The molecule has 0 amide bonds. The van der Waals surface area contributed by atoms with E-state index in [0.717, 1.165) is 0 Å². The summed E-state index contributed by atoms with van der Waals surface area (Å²) in [4.78, 5) is 20.6. The average Bonchev–Trinajstić information content (AvgIpc) is 2.47. The van der Waals surface area contributed by atoms with Gasteiger partial charge in [-0.05, 0) is 18.2 Å². The largest absolute Gasteiger partial charge is 0.478 e. The monoisotopic (exact) mass is 291 g/mol. The molecule has 2 aromatic heterocycles. The Labute approximate surface area is 120 Å². The molecule has 0 aliphatic carbocycles. The Bertz CT molecular complexity index is 664. The number of halogens is 1. The number of aliphatic hydroxyl groups is 1. The van der Waals surface area contributed by atoms with Gasteiger partial charge in [-0.1, -0.05) is 0 Å². The number of aliphatic hydroxyl groups excluding tert-OH is 1. The van der Waals surface area contributed by atoms with Crippen molar-refractivity contribution < 1.29 is 19.4 Å². The van der Waals surface area contributed by atoms with Crippen molar-refractivity contribution in [2.45, 2.75) is 0 Å². The Kier molecular flexibility index (Phi) is 4.44. The van der Waals surface area contributed by atoms with Gasteiger partial charge in [0, 0.05) is 31.4 Å². The van der Waals surface area contributed by atoms with Crippen LogP contribution in [-0.2, 0) is 0 Å². The van der Waals surface area contributed by atoms with Crippen LogP contribution in [0.1, 0.15) is 10.4 Å². The molecule has 0 spiro atoms. The predicted molar refractivity (Wildman–Crippen MR) is 74.7 cm³/mol. The molecule has 110 valence electrons. The van der Waals surface area contributed by atoms with Gasteiger partial charge in [0.05, 0.1) is 17.9 Å². The van der Waals surface area contributed by atoms with E-state index < -0.39 is 11.9 Å². The van der Waals surface area contributed by atoms with Crippen LogP contribution in [-0.4, -0.2) is 46.3 Å². The summed E-state index contributed by atoms with van der Waals surface area (Å²) in [6.45, 7) is 0.217. The molecule has 7 heteroatoms. The molecule has 6 nitrogen and oxygen atoms in total. The lowest BCUT2D eigenvalue weighted by Gasteiger charge is -2.18. The van der Waals surface area contributed by atoms with Crippen molar-refractivity contribution in [1.29, 1.82) is 0 Å². The standard InChI is InChI=1S/C14H14FN3O3/c1-18(4-5-19)13-8-10(14(20)21)6-11(17-13)9-2-3-16-12(15)7-9/h2-3,6-8,19H,4-5H2,1H3,(H,20,21). The molecule has 0 aliphatic rings. The number of aromatic nitrogens is 2. The van der Waals surface area contributed by atoms with Gasteiger partial charge in [0.1, 0.15) is 5.82 Å². The van der Waals surface area contributed by atoms with Crippen molar-refractivity contribution in [2.75, 3.05) is 25.1 Å². The maximum Gasteiger partial charge on any atom is 0.335 e. The minimum absolute atomic E-state index is 0.0389. The first-order valence-electron chi connectivity index (χ1n) is 6.20. The van der Waals surface area contributed by atoms with Gasteiger partial charge < -0.3 is 15.1 Å². The van der Waals surface area contributed by atoms with Gasteiger partial charge in [0.25, 0.3) is 0 Å². The smallest absolute Gasteiger partial charge is 0.335 e. The first kappa shape index (κ1) is 14.9.